The second-order valence-electron chi connectivity index (χ2n) is 3.55. The van der Waals surface area contributed by atoms with E-state index in [1.165, 1.54) is 12.8 Å². The molecule has 0 aromatic carbocycles. The molecule has 3 nitrogen and oxygen atoms in total. The Kier molecular flexibility index (Phi) is 2.82. The molecule has 1 aliphatic carbocycles. The number of hydrogen-bond donors (Lipinski definition) is 1. The highest BCUT2D eigenvalue weighted by Gasteiger charge is 2.21. The topological polar surface area (TPSA) is 42.0 Å². The molecule has 0 unspecified atom stereocenters. The standard InChI is InChI=1S/C10H11BrN2O/c11-9-3-8(5-12-6-9)10(14)13-4-7-1-2-7/h3,5-7H,1-2,4H2,(H,13,14). The van der Waals surface area contributed by atoms with Gasteiger partial charge in [0.15, 0.2) is 0 Å². The zero-order valence-corrected chi connectivity index (χ0v) is 9.25. The second kappa shape index (κ2) is 4.09. The molecule has 14 heavy (non-hydrogen) atoms. The molecule has 74 valence electrons. The molecule has 1 N–H and O–H groups in total. The SMILES string of the molecule is O=C(NCC1CC1)c1cncc(Br)c1. The molecule has 1 amide bonds. The van der Waals surface area contributed by atoms with Crippen LogP contribution in [0.15, 0.2) is 22.9 Å². The predicted molar refractivity (Wildman–Crippen MR) is 57.0 cm³/mol. The molecule has 0 atom stereocenters. The van der Waals surface area contributed by atoms with Crippen LogP contribution in [-0.4, -0.2) is 17.4 Å². The minimum atomic E-state index is -0.0364. The zero-order chi connectivity index (χ0) is 9.97. The van der Waals surface area contributed by atoms with Gasteiger partial charge in [-0.05, 0) is 40.8 Å². The van der Waals surface area contributed by atoms with E-state index in [2.05, 4.69) is 26.2 Å². The molecule has 2 rings (SSSR count). The third-order valence-electron chi connectivity index (χ3n) is 2.22. The van der Waals surface area contributed by atoms with Gasteiger partial charge in [0, 0.05) is 23.4 Å². The monoisotopic (exact) mass is 254 g/mol. The Morgan fingerprint density at radius 1 is 1.57 bits per heavy atom. The minimum Gasteiger partial charge on any atom is -0.352 e. The Labute approximate surface area is 91.0 Å². The van der Waals surface area contributed by atoms with Crippen molar-refractivity contribution in [3.63, 3.8) is 0 Å². The van der Waals surface area contributed by atoms with Crippen LogP contribution >= 0.6 is 15.9 Å². The van der Waals surface area contributed by atoms with Crippen LogP contribution in [0.25, 0.3) is 0 Å². The maximum atomic E-state index is 11.6. The van der Waals surface area contributed by atoms with Gasteiger partial charge in [-0.3, -0.25) is 9.78 Å². The van der Waals surface area contributed by atoms with E-state index in [4.69, 9.17) is 0 Å². The lowest BCUT2D eigenvalue weighted by atomic mass is 10.2. The summed E-state index contributed by atoms with van der Waals surface area (Å²) in [5.74, 6) is 0.671. The van der Waals surface area contributed by atoms with Gasteiger partial charge in [-0.15, -0.1) is 0 Å². The maximum absolute atomic E-state index is 11.6. The normalized spacial score (nSPS) is 15.2. The molecule has 0 spiro atoms. The number of carbonyl (C=O) groups excluding carboxylic acids is 1. The molecule has 1 saturated carbocycles. The molecule has 1 fully saturated rings. The van der Waals surface area contributed by atoms with Crippen LogP contribution < -0.4 is 5.32 Å². The van der Waals surface area contributed by atoms with Crippen molar-refractivity contribution in [2.24, 2.45) is 5.92 Å². The van der Waals surface area contributed by atoms with Crippen LogP contribution in [0.1, 0.15) is 23.2 Å². The summed E-state index contributed by atoms with van der Waals surface area (Å²) in [4.78, 5) is 15.5. The van der Waals surface area contributed by atoms with Crippen LogP contribution in [0, 0.1) is 5.92 Å². The van der Waals surface area contributed by atoms with E-state index in [9.17, 15) is 4.79 Å². The van der Waals surface area contributed by atoms with Gasteiger partial charge in [0.2, 0.25) is 0 Å². The minimum absolute atomic E-state index is 0.0364. The van der Waals surface area contributed by atoms with Gasteiger partial charge in [0.05, 0.1) is 5.56 Å². The number of amides is 1. The largest absolute Gasteiger partial charge is 0.352 e. The smallest absolute Gasteiger partial charge is 0.252 e. The van der Waals surface area contributed by atoms with Crippen LogP contribution in [0.3, 0.4) is 0 Å². The van der Waals surface area contributed by atoms with Crippen molar-refractivity contribution in [1.82, 2.24) is 10.3 Å². The van der Waals surface area contributed by atoms with Crippen molar-refractivity contribution in [2.75, 3.05) is 6.54 Å². The summed E-state index contributed by atoms with van der Waals surface area (Å²) >= 11 is 3.28. The van der Waals surface area contributed by atoms with Crippen molar-refractivity contribution in [1.29, 1.82) is 0 Å². The lowest BCUT2D eigenvalue weighted by molar-refractivity contribution is 0.0951. The summed E-state index contributed by atoms with van der Waals surface area (Å²) in [5, 5.41) is 2.89. The van der Waals surface area contributed by atoms with E-state index in [0.717, 1.165) is 11.0 Å². The first-order chi connectivity index (χ1) is 6.75. The first kappa shape index (κ1) is 9.65. The van der Waals surface area contributed by atoms with Crippen molar-refractivity contribution in [3.05, 3.63) is 28.5 Å². The average molecular weight is 255 g/mol. The fourth-order valence-corrected chi connectivity index (χ4v) is 1.56. The van der Waals surface area contributed by atoms with Gasteiger partial charge < -0.3 is 5.32 Å². The predicted octanol–water partition coefficient (Wildman–Crippen LogP) is 1.98. The Morgan fingerprint density at radius 3 is 3.00 bits per heavy atom. The van der Waals surface area contributed by atoms with E-state index in [1.807, 2.05) is 0 Å². The molecule has 0 saturated heterocycles. The van der Waals surface area contributed by atoms with Gasteiger partial charge in [0.1, 0.15) is 0 Å². The number of hydrogen-bond acceptors (Lipinski definition) is 2. The Balaban J connectivity index is 1.95. The maximum Gasteiger partial charge on any atom is 0.252 e. The van der Waals surface area contributed by atoms with Crippen molar-refractivity contribution in [2.45, 2.75) is 12.8 Å². The summed E-state index contributed by atoms with van der Waals surface area (Å²) in [7, 11) is 0. The van der Waals surface area contributed by atoms with E-state index in [0.29, 0.717) is 11.5 Å². The van der Waals surface area contributed by atoms with Gasteiger partial charge >= 0.3 is 0 Å². The number of carbonyl (C=O) groups is 1. The van der Waals surface area contributed by atoms with Crippen molar-refractivity contribution < 1.29 is 4.79 Å². The molecule has 0 radical (unpaired) electrons. The Hall–Kier alpha value is -0.900. The lowest BCUT2D eigenvalue weighted by Crippen LogP contribution is -2.25. The number of aromatic nitrogens is 1. The van der Waals surface area contributed by atoms with Crippen LogP contribution in [-0.2, 0) is 0 Å². The van der Waals surface area contributed by atoms with Gasteiger partial charge in [-0.25, -0.2) is 0 Å². The van der Waals surface area contributed by atoms with Gasteiger partial charge in [0.25, 0.3) is 5.91 Å². The highest BCUT2D eigenvalue weighted by atomic mass is 79.9. The van der Waals surface area contributed by atoms with E-state index >= 15 is 0 Å². The Bertz CT molecular complexity index is 350. The van der Waals surface area contributed by atoms with E-state index < -0.39 is 0 Å². The van der Waals surface area contributed by atoms with Gasteiger partial charge in [-0.2, -0.15) is 0 Å². The molecule has 1 heterocycles. The lowest BCUT2D eigenvalue weighted by Gasteiger charge is -2.03. The summed E-state index contributed by atoms with van der Waals surface area (Å²) in [6.07, 6.45) is 5.73. The fraction of sp³-hybridized carbons (Fsp3) is 0.400. The molecule has 0 bridgehead atoms. The van der Waals surface area contributed by atoms with Crippen molar-refractivity contribution >= 4 is 21.8 Å². The van der Waals surface area contributed by atoms with Crippen molar-refractivity contribution in [3.8, 4) is 0 Å². The highest BCUT2D eigenvalue weighted by molar-refractivity contribution is 9.10. The Morgan fingerprint density at radius 2 is 2.36 bits per heavy atom. The molecule has 4 heteroatoms. The molecule has 1 aromatic heterocycles. The average Bonchev–Trinajstić information content (AvgIpc) is 2.97. The molecule has 1 aliphatic rings. The summed E-state index contributed by atoms with van der Waals surface area (Å²) in [6.45, 7) is 0.797. The number of halogens is 1. The first-order valence-corrected chi connectivity index (χ1v) is 5.44. The summed E-state index contributed by atoms with van der Waals surface area (Å²) < 4.78 is 0.830. The quantitative estimate of drug-likeness (QED) is 0.897. The molecular formula is C10H11BrN2O. The van der Waals surface area contributed by atoms with Crippen LogP contribution in [0.2, 0.25) is 0 Å². The zero-order valence-electron chi connectivity index (χ0n) is 7.66. The van der Waals surface area contributed by atoms with Crippen LogP contribution in [0.5, 0.6) is 0 Å². The van der Waals surface area contributed by atoms with Gasteiger partial charge in [-0.1, -0.05) is 0 Å². The third-order valence-corrected chi connectivity index (χ3v) is 2.65. The van der Waals surface area contributed by atoms with E-state index in [-0.39, 0.29) is 5.91 Å². The summed E-state index contributed by atoms with van der Waals surface area (Å²) in [5.41, 5.74) is 0.611. The molecular weight excluding hydrogens is 244 g/mol. The second-order valence-corrected chi connectivity index (χ2v) is 4.46. The number of pyridine rings is 1. The van der Waals surface area contributed by atoms with E-state index in [1.54, 1.807) is 18.5 Å². The number of rotatable bonds is 3. The first-order valence-electron chi connectivity index (χ1n) is 4.64. The fourth-order valence-electron chi connectivity index (χ4n) is 1.20. The number of nitrogens with zero attached hydrogens (tertiary/aromatic N) is 1. The molecule has 1 aromatic rings. The van der Waals surface area contributed by atoms with Crippen LogP contribution in [0.4, 0.5) is 0 Å². The molecule has 0 aliphatic heterocycles. The third kappa shape index (κ3) is 2.54. The summed E-state index contributed by atoms with van der Waals surface area (Å²) in [6, 6.07) is 1.77. The number of nitrogens with one attached hydrogen (secondary N) is 1. The highest BCUT2D eigenvalue weighted by Crippen LogP contribution is 2.27.